The lowest BCUT2D eigenvalue weighted by Gasteiger charge is -2.53. The van der Waals surface area contributed by atoms with E-state index in [1.165, 1.54) is 11.1 Å². The van der Waals surface area contributed by atoms with Gasteiger partial charge in [-0.15, -0.1) is 0 Å². The van der Waals surface area contributed by atoms with Gasteiger partial charge in [-0.2, -0.15) is 0 Å². The normalized spacial score (nSPS) is 38.4. The van der Waals surface area contributed by atoms with Crippen molar-refractivity contribution >= 4 is 0 Å². The SMILES string of the molecule is C/C=C\C(=C/C)O[C@H]1C[C@]2(C)[C@@H](O)CC[C@H]2[C@@H]2CCc3cc(O)ccc3[C@H]21. The predicted molar refractivity (Wildman–Crippen MR) is 108 cm³/mol. The Labute approximate surface area is 162 Å². The highest BCUT2D eigenvalue weighted by Gasteiger charge is 2.58. The van der Waals surface area contributed by atoms with Crippen LogP contribution in [0.4, 0.5) is 0 Å². The lowest BCUT2D eigenvalue weighted by molar-refractivity contribution is -0.0874. The van der Waals surface area contributed by atoms with E-state index >= 15 is 0 Å². The summed E-state index contributed by atoms with van der Waals surface area (Å²) in [6.45, 7) is 6.30. The Morgan fingerprint density at radius 3 is 2.78 bits per heavy atom. The second-order valence-corrected chi connectivity index (χ2v) is 8.87. The van der Waals surface area contributed by atoms with Gasteiger partial charge in [0.1, 0.15) is 17.6 Å². The Hall–Kier alpha value is -1.74. The lowest BCUT2D eigenvalue weighted by Crippen LogP contribution is -2.50. The van der Waals surface area contributed by atoms with E-state index in [1.54, 1.807) is 0 Å². The molecular formula is C24H32O3. The summed E-state index contributed by atoms with van der Waals surface area (Å²) < 4.78 is 6.56. The van der Waals surface area contributed by atoms with Crippen molar-refractivity contribution in [1.82, 2.24) is 0 Å². The van der Waals surface area contributed by atoms with E-state index in [2.05, 4.69) is 13.0 Å². The number of rotatable bonds is 3. The van der Waals surface area contributed by atoms with Crippen molar-refractivity contribution in [2.24, 2.45) is 17.3 Å². The van der Waals surface area contributed by atoms with Crippen molar-refractivity contribution in [3.8, 4) is 5.75 Å². The molecule has 3 nitrogen and oxygen atoms in total. The number of aromatic hydroxyl groups is 1. The maximum Gasteiger partial charge on any atom is 0.115 e. The first-order valence-corrected chi connectivity index (χ1v) is 10.4. The molecule has 0 radical (unpaired) electrons. The predicted octanol–water partition coefficient (Wildman–Crippen LogP) is 5.08. The quantitative estimate of drug-likeness (QED) is 0.577. The third kappa shape index (κ3) is 3.00. The molecule has 2 saturated carbocycles. The number of aliphatic hydroxyl groups excluding tert-OH is 1. The molecule has 3 aliphatic rings. The van der Waals surface area contributed by atoms with Gasteiger partial charge in [-0.3, -0.25) is 0 Å². The molecule has 1 aromatic rings. The first-order chi connectivity index (χ1) is 13.0. The Balaban J connectivity index is 1.76. The molecule has 2 N–H and O–H groups in total. The van der Waals surface area contributed by atoms with Crippen molar-refractivity contribution in [2.75, 3.05) is 0 Å². The summed E-state index contributed by atoms with van der Waals surface area (Å²) in [5.74, 6) is 2.67. The van der Waals surface area contributed by atoms with Gasteiger partial charge in [0.2, 0.25) is 0 Å². The molecular weight excluding hydrogens is 336 g/mol. The summed E-state index contributed by atoms with van der Waals surface area (Å²) in [5, 5.41) is 20.7. The Morgan fingerprint density at radius 1 is 1.22 bits per heavy atom. The molecule has 27 heavy (non-hydrogen) atoms. The van der Waals surface area contributed by atoms with Crippen molar-refractivity contribution in [3.05, 3.63) is 53.3 Å². The monoisotopic (exact) mass is 368 g/mol. The number of hydrogen-bond acceptors (Lipinski definition) is 3. The molecule has 0 bridgehead atoms. The van der Waals surface area contributed by atoms with Crippen LogP contribution in [0, 0.1) is 17.3 Å². The first-order valence-electron chi connectivity index (χ1n) is 10.4. The summed E-state index contributed by atoms with van der Waals surface area (Å²) in [5.41, 5.74) is 2.54. The van der Waals surface area contributed by atoms with Crippen LogP contribution >= 0.6 is 0 Å². The van der Waals surface area contributed by atoms with E-state index in [0.29, 0.717) is 23.5 Å². The zero-order valence-electron chi connectivity index (χ0n) is 16.7. The number of phenols is 1. The highest BCUT2D eigenvalue weighted by Crippen LogP contribution is 2.61. The van der Waals surface area contributed by atoms with Gasteiger partial charge in [0.25, 0.3) is 0 Å². The summed E-state index contributed by atoms with van der Waals surface area (Å²) in [6.07, 6.45) is 10.9. The Kier molecular flexibility index (Phi) is 4.84. The van der Waals surface area contributed by atoms with Gasteiger partial charge in [0, 0.05) is 11.3 Å². The maximum absolute atomic E-state index is 10.8. The number of benzene rings is 1. The van der Waals surface area contributed by atoms with E-state index < -0.39 is 0 Å². The smallest absolute Gasteiger partial charge is 0.115 e. The maximum atomic E-state index is 10.8. The number of fused-ring (bicyclic) bond motifs is 5. The largest absolute Gasteiger partial charge is 0.508 e. The minimum Gasteiger partial charge on any atom is -0.508 e. The van der Waals surface area contributed by atoms with Crippen LogP contribution in [0.1, 0.15) is 63.5 Å². The summed E-state index contributed by atoms with van der Waals surface area (Å²) in [4.78, 5) is 0. The molecule has 0 unspecified atom stereocenters. The number of aryl methyl sites for hydroxylation is 1. The zero-order valence-corrected chi connectivity index (χ0v) is 16.7. The van der Waals surface area contributed by atoms with E-state index in [1.807, 2.05) is 44.2 Å². The molecule has 2 fully saturated rings. The minimum atomic E-state index is -0.230. The molecule has 3 heteroatoms. The number of allylic oxidation sites excluding steroid dienone is 3. The third-order valence-electron chi connectivity index (χ3n) is 7.51. The van der Waals surface area contributed by atoms with Crippen molar-refractivity contribution in [1.29, 1.82) is 0 Å². The molecule has 0 spiro atoms. The van der Waals surface area contributed by atoms with Crippen molar-refractivity contribution in [2.45, 2.75) is 71.0 Å². The van der Waals surface area contributed by atoms with Crippen LogP contribution < -0.4 is 0 Å². The standard InChI is InChI=1S/C24H32O3/c1-4-6-17(5-2)27-21-14-24(3)20(11-12-22(24)26)19-9-7-15-13-16(25)8-10-18(15)23(19)21/h4-6,8,10,13,19-23,25-26H,7,9,11-12,14H2,1-3H3/b6-4-,17-5+/t19-,20-,21-,22-,23+,24-/m0/s1. The third-order valence-corrected chi connectivity index (χ3v) is 7.51. The van der Waals surface area contributed by atoms with Crippen LogP contribution in [0.25, 0.3) is 0 Å². The fourth-order valence-corrected chi connectivity index (χ4v) is 6.25. The van der Waals surface area contributed by atoms with Gasteiger partial charge in [0.05, 0.1) is 6.10 Å². The van der Waals surface area contributed by atoms with Gasteiger partial charge in [0.15, 0.2) is 0 Å². The molecule has 0 aliphatic heterocycles. The topological polar surface area (TPSA) is 49.7 Å². The number of hydrogen-bond donors (Lipinski definition) is 2. The van der Waals surface area contributed by atoms with Gasteiger partial charge in [-0.25, -0.2) is 0 Å². The summed E-state index contributed by atoms with van der Waals surface area (Å²) in [7, 11) is 0. The van der Waals surface area contributed by atoms with Gasteiger partial charge in [-0.05, 0) is 93.2 Å². The Morgan fingerprint density at radius 2 is 2.04 bits per heavy atom. The van der Waals surface area contributed by atoms with Gasteiger partial charge in [-0.1, -0.05) is 19.1 Å². The molecule has 0 heterocycles. The highest BCUT2D eigenvalue weighted by atomic mass is 16.5. The number of aliphatic hydroxyl groups is 1. The molecule has 0 aromatic heterocycles. The lowest BCUT2D eigenvalue weighted by atomic mass is 9.54. The van der Waals surface area contributed by atoms with E-state index in [9.17, 15) is 10.2 Å². The second kappa shape index (κ2) is 7.01. The van der Waals surface area contributed by atoms with Crippen molar-refractivity contribution < 1.29 is 14.9 Å². The molecule has 1 aromatic carbocycles. The number of ether oxygens (including phenoxy) is 1. The fraction of sp³-hybridized carbons (Fsp3) is 0.583. The first kappa shape index (κ1) is 18.6. The zero-order chi connectivity index (χ0) is 19.2. The van der Waals surface area contributed by atoms with E-state index in [-0.39, 0.29) is 17.6 Å². The molecule has 4 rings (SSSR count). The fourth-order valence-electron chi connectivity index (χ4n) is 6.25. The summed E-state index contributed by atoms with van der Waals surface area (Å²) >= 11 is 0. The molecule has 0 amide bonds. The molecule has 0 saturated heterocycles. The average molecular weight is 369 g/mol. The van der Waals surface area contributed by atoms with Crippen LogP contribution in [0.5, 0.6) is 5.75 Å². The van der Waals surface area contributed by atoms with E-state index in [0.717, 1.165) is 37.9 Å². The number of phenolic OH excluding ortho intramolecular Hbond substituents is 1. The van der Waals surface area contributed by atoms with Crippen LogP contribution in [0.15, 0.2) is 42.2 Å². The minimum absolute atomic E-state index is 0.0509. The molecule has 146 valence electrons. The Bertz CT molecular complexity index is 765. The average Bonchev–Trinajstić information content (AvgIpc) is 2.95. The van der Waals surface area contributed by atoms with E-state index in [4.69, 9.17) is 4.74 Å². The van der Waals surface area contributed by atoms with Crippen LogP contribution in [0.3, 0.4) is 0 Å². The molecule has 6 atom stereocenters. The van der Waals surface area contributed by atoms with Gasteiger partial charge >= 0.3 is 0 Å². The van der Waals surface area contributed by atoms with Gasteiger partial charge < -0.3 is 14.9 Å². The van der Waals surface area contributed by atoms with Crippen LogP contribution in [0.2, 0.25) is 0 Å². The molecule has 3 aliphatic carbocycles. The highest BCUT2D eigenvalue weighted by molar-refractivity contribution is 5.41. The van der Waals surface area contributed by atoms with Crippen molar-refractivity contribution in [3.63, 3.8) is 0 Å². The second-order valence-electron chi connectivity index (χ2n) is 8.87. The van der Waals surface area contributed by atoms with Crippen LogP contribution in [-0.4, -0.2) is 22.4 Å². The summed E-state index contributed by atoms with van der Waals surface area (Å²) in [6, 6.07) is 5.86. The van der Waals surface area contributed by atoms with Crippen LogP contribution in [-0.2, 0) is 11.2 Å².